The molecular weight excluding hydrogens is 162 g/mol. The van der Waals surface area contributed by atoms with E-state index in [-0.39, 0.29) is 12.0 Å². The zero-order chi connectivity index (χ0) is 9.84. The number of carbonyl (C=O) groups excluding carboxylic acids is 1. The SMILES string of the molecule is CCC1CCC(=O)C(C(N)CC)C1. The zero-order valence-electron chi connectivity index (χ0n) is 8.75. The van der Waals surface area contributed by atoms with Crippen LogP contribution in [0.4, 0.5) is 0 Å². The smallest absolute Gasteiger partial charge is 0.137 e. The van der Waals surface area contributed by atoms with E-state index < -0.39 is 0 Å². The van der Waals surface area contributed by atoms with Gasteiger partial charge in [-0.05, 0) is 25.2 Å². The van der Waals surface area contributed by atoms with Crippen LogP contribution in [0.25, 0.3) is 0 Å². The molecule has 0 saturated heterocycles. The Labute approximate surface area is 80.9 Å². The average molecular weight is 183 g/mol. The Morgan fingerprint density at radius 3 is 2.77 bits per heavy atom. The lowest BCUT2D eigenvalue weighted by Gasteiger charge is -2.30. The van der Waals surface area contributed by atoms with E-state index in [1.54, 1.807) is 0 Å². The van der Waals surface area contributed by atoms with Crippen molar-refractivity contribution in [3.8, 4) is 0 Å². The van der Waals surface area contributed by atoms with Gasteiger partial charge in [-0.25, -0.2) is 0 Å². The topological polar surface area (TPSA) is 43.1 Å². The summed E-state index contributed by atoms with van der Waals surface area (Å²) in [6, 6.07) is 0.0989. The van der Waals surface area contributed by atoms with Gasteiger partial charge in [-0.15, -0.1) is 0 Å². The van der Waals surface area contributed by atoms with Gasteiger partial charge in [0.2, 0.25) is 0 Å². The first kappa shape index (κ1) is 10.7. The highest BCUT2D eigenvalue weighted by molar-refractivity contribution is 5.82. The van der Waals surface area contributed by atoms with Gasteiger partial charge in [-0.2, -0.15) is 0 Å². The summed E-state index contributed by atoms with van der Waals surface area (Å²) in [5.74, 6) is 1.29. The van der Waals surface area contributed by atoms with Gasteiger partial charge in [0, 0.05) is 18.4 Å². The molecule has 0 amide bonds. The fourth-order valence-electron chi connectivity index (χ4n) is 2.21. The van der Waals surface area contributed by atoms with Crippen LogP contribution in [0.3, 0.4) is 0 Å². The first-order chi connectivity index (χ1) is 6.19. The second-order valence-corrected chi connectivity index (χ2v) is 4.19. The summed E-state index contributed by atoms with van der Waals surface area (Å²) in [6.07, 6.45) is 5.00. The summed E-state index contributed by atoms with van der Waals surface area (Å²) < 4.78 is 0. The molecule has 0 spiro atoms. The van der Waals surface area contributed by atoms with Crippen LogP contribution in [-0.4, -0.2) is 11.8 Å². The minimum absolute atomic E-state index is 0.0989. The third-order valence-electron chi connectivity index (χ3n) is 3.37. The number of Topliss-reactive ketones (excluding diaryl/α,β-unsaturated/α-hetero) is 1. The van der Waals surface area contributed by atoms with Crippen LogP contribution in [-0.2, 0) is 4.79 Å². The number of carbonyl (C=O) groups is 1. The number of hydrogen-bond donors (Lipinski definition) is 1. The monoisotopic (exact) mass is 183 g/mol. The Hall–Kier alpha value is -0.370. The molecule has 0 aromatic heterocycles. The number of nitrogens with two attached hydrogens (primary N) is 1. The molecule has 1 aliphatic rings. The third kappa shape index (κ3) is 2.53. The predicted molar refractivity (Wildman–Crippen MR) is 54.4 cm³/mol. The normalized spacial score (nSPS) is 31.8. The lowest BCUT2D eigenvalue weighted by atomic mass is 9.75. The van der Waals surface area contributed by atoms with E-state index in [2.05, 4.69) is 13.8 Å². The minimum Gasteiger partial charge on any atom is -0.327 e. The van der Waals surface area contributed by atoms with Crippen molar-refractivity contribution in [1.82, 2.24) is 0 Å². The Morgan fingerprint density at radius 2 is 2.23 bits per heavy atom. The maximum absolute atomic E-state index is 11.6. The molecule has 0 heterocycles. The maximum Gasteiger partial charge on any atom is 0.137 e. The summed E-state index contributed by atoms with van der Waals surface area (Å²) in [5, 5.41) is 0. The van der Waals surface area contributed by atoms with Crippen molar-refractivity contribution < 1.29 is 4.79 Å². The molecule has 76 valence electrons. The van der Waals surface area contributed by atoms with Crippen molar-refractivity contribution in [2.24, 2.45) is 17.6 Å². The average Bonchev–Trinajstić information content (AvgIpc) is 2.17. The molecule has 1 fully saturated rings. The molecule has 0 bridgehead atoms. The summed E-state index contributed by atoms with van der Waals surface area (Å²) in [7, 11) is 0. The van der Waals surface area contributed by atoms with E-state index >= 15 is 0 Å². The van der Waals surface area contributed by atoms with E-state index in [4.69, 9.17) is 5.73 Å². The predicted octanol–water partition coefficient (Wildman–Crippen LogP) is 2.12. The van der Waals surface area contributed by atoms with Crippen LogP contribution < -0.4 is 5.73 Å². The van der Waals surface area contributed by atoms with E-state index in [9.17, 15) is 4.79 Å². The highest BCUT2D eigenvalue weighted by atomic mass is 16.1. The molecule has 2 N–H and O–H groups in total. The fourth-order valence-corrected chi connectivity index (χ4v) is 2.21. The van der Waals surface area contributed by atoms with Crippen molar-refractivity contribution in [3.05, 3.63) is 0 Å². The van der Waals surface area contributed by atoms with Crippen molar-refractivity contribution >= 4 is 5.78 Å². The van der Waals surface area contributed by atoms with Gasteiger partial charge in [0.25, 0.3) is 0 Å². The van der Waals surface area contributed by atoms with E-state index in [0.717, 1.165) is 31.6 Å². The summed E-state index contributed by atoms with van der Waals surface area (Å²) in [5.41, 5.74) is 5.93. The van der Waals surface area contributed by atoms with Gasteiger partial charge in [0.15, 0.2) is 0 Å². The molecule has 1 aliphatic carbocycles. The lowest BCUT2D eigenvalue weighted by molar-refractivity contribution is -0.126. The van der Waals surface area contributed by atoms with E-state index in [1.807, 2.05) is 0 Å². The molecule has 0 aromatic carbocycles. The molecule has 0 aliphatic heterocycles. The Morgan fingerprint density at radius 1 is 1.54 bits per heavy atom. The molecule has 2 heteroatoms. The first-order valence-corrected chi connectivity index (χ1v) is 5.47. The van der Waals surface area contributed by atoms with Gasteiger partial charge in [-0.1, -0.05) is 20.3 Å². The molecule has 0 radical (unpaired) electrons. The largest absolute Gasteiger partial charge is 0.327 e. The van der Waals surface area contributed by atoms with Crippen LogP contribution in [0.5, 0.6) is 0 Å². The summed E-state index contributed by atoms with van der Waals surface area (Å²) in [4.78, 5) is 11.6. The highest BCUT2D eigenvalue weighted by Crippen LogP contribution is 2.30. The molecule has 1 rings (SSSR count). The second kappa shape index (κ2) is 4.75. The zero-order valence-corrected chi connectivity index (χ0v) is 8.75. The van der Waals surface area contributed by atoms with Crippen LogP contribution in [0.1, 0.15) is 46.0 Å². The van der Waals surface area contributed by atoms with Crippen molar-refractivity contribution in [1.29, 1.82) is 0 Å². The molecule has 3 atom stereocenters. The first-order valence-electron chi connectivity index (χ1n) is 5.47. The van der Waals surface area contributed by atoms with Crippen LogP contribution in [0.2, 0.25) is 0 Å². The van der Waals surface area contributed by atoms with Gasteiger partial charge >= 0.3 is 0 Å². The highest BCUT2D eigenvalue weighted by Gasteiger charge is 2.31. The summed E-state index contributed by atoms with van der Waals surface area (Å²) in [6.45, 7) is 4.27. The standard InChI is InChI=1S/C11H21NO/c1-3-8-5-6-11(13)9(7-8)10(12)4-2/h8-10H,3-7,12H2,1-2H3. The maximum atomic E-state index is 11.6. The molecule has 0 aromatic rings. The minimum atomic E-state index is 0.0989. The van der Waals surface area contributed by atoms with Crippen LogP contribution >= 0.6 is 0 Å². The number of ketones is 1. The fraction of sp³-hybridized carbons (Fsp3) is 0.909. The van der Waals surface area contributed by atoms with E-state index in [1.165, 1.54) is 6.42 Å². The van der Waals surface area contributed by atoms with Crippen LogP contribution in [0.15, 0.2) is 0 Å². The van der Waals surface area contributed by atoms with Crippen molar-refractivity contribution in [3.63, 3.8) is 0 Å². The molecule has 3 unspecified atom stereocenters. The lowest BCUT2D eigenvalue weighted by Crippen LogP contribution is -2.39. The molecule has 13 heavy (non-hydrogen) atoms. The van der Waals surface area contributed by atoms with Gasteiger partial charge in [0.05, 0.1) is 0 Å². The van der Waals surface area contributed by atoms with Gasteiger partial charge in [-0.3, -0.25) is 4.79 Å². The quantitative estimate of drug-likeness (QED) is 0.728. The molecular formula is C11H21NO. The van der Waals surface area contributed by atoms with Crippen molar-refractivity contribution in [2.45, 2.75) is 52.0 Å². The van der Waals surface area contributed by atoms with Crippen molar-refractivity contribution in [2.75, 3.05) is 0 Å². The van der Waals surface area contributed by atoms with E-state index in [0.29, 0.717) is 5.78 Å². The molecule has 2 nitrogen and oxygen atoms in total. The van der Waals surface area contributed by atoms with Gasteiger partial charge < -0.3 is 5.73 Å². The Kier molecular flexibility index (Phi) is 3.91. The Bertz CT molecular complexity index is 179. The van der Waals surface area contributed by atoms with Gasteiger partial charge in [0.1, 0.15) is 5.78 Å². The number of hydrogen-bond acceptors (Lipinski definition) is 2. The summed E-state index contributed by atoms with van der Waals surface area (Å²) >= 11 is 0. The molecule has 1 saturated carbocycles. The third-order valence-corrected chi connectivity index (χ3v) is 3.37. The number of rotatable bonds is 3. The van der Waals surface area contributed by atoms with Crippen LogP contribution in [0, 0.1) is 11.8 Å². The Balaban J connectivity index is 2.54. The second-order valence-electron chi connectivity index (χ2n) is 4.19.